The van der Waals surface area contributed by atoms with Gasteiger partial charge < -0.3 is 5.01 Å². The Morgan fingerprint density at radius 3 is 2.45 bits per heavy atom. The Hall–Kier alpha value is -0.500. The molecule has 2 nitrogen and oxygen atoms in total. The van der Waals surface area contributed by atoms with Crippen LogP contribution in [-0.2, 0) is 0 Å². The molecular weight excluding hydrogens is 136 g/mol. The van der Waals surface area contributed by atoms with Crippen LogP contribution in [0.25, 0.3) is 0 Å². The van der Waals surface area contributed by atoms with E-state index in [2.05, 4.69) is 13.8 Å². The molecule has 0 saturated heterocycles. The highest BCUT2D eigenvalue weighted by Gasteiger charge is 2.07. The van der Waals surface area contributed by atoms with Crippen LogP contribution in [0.15, 0.2) is 12.3 Å². The van der Waals surface area contributed by atoms with E-state index in [0.717, 1.165) is 6.42 Å². The summed E-state index contributed by atoms with van der Waals surface area (Å²) >= 11 is 0. The second-order valence-electron chi connectivity index (χ2n) is 2.78. The molecule has 0 aliphatic heterocycles. The zero-order valence-electron chi connectivity index (χ0n) is 7.88. The first-order valence-electron chi connectivity index (χ1n) is 4.42. The van der Waals surface area contributed by atoms with Crippen LogP contribution in [0, 0.1) is 0 Å². The van der Waals surface area contributed by atoms with E-state index in [4.69, 9.17) is 5.84 Å². The predicted molar refractivity (Wildman–Crippen MR) is 49.8 cm³/mol. The molecule has 66 valence electrons. The fourth-order valence-electron chi connectivity index (χ4n) is 1.19. The Labute approximate surface area is 70.0 Å². The van der Waals surface area contributed by atoms with Gasteiger partial charge in [0.1, 0.15) is 0 Å². The topological polar surface area (TPSA) is 29.3 Å². The molecule has 0 aromatic rings. The molecule has 1 atom stereocenters. The number of nitrogens with two attached hydrogens (primary N) is 1. The van der Waals surface area contributed by atoms with Crippen molar-refractivity contribution in [3.8, 4) is 0 Å². The third-order valence-electron chi connectivity index (χ3n) is 1.84. The monoisotopic (exact) mass is 156 g/mol. The van der Waals surface area contributed by atoms with Crippen molar-refractivity contribution in [3.63, 3.8) is 0 Å². The molecule has 0 rings (SSSR count). The summed E-state index contributed by atoms with van der Waals surface area (Å²) < 4.78 is 0. The van der Waals surface area contributed by atoms with Crippen molar-refractivity contribution in [1.82, 2.24) is 5.01 Å². The maximum atomic E-state index is 5.77. The Morgan fingerprint density at radius 1 is 1.45 bits per heavy atom. The first kappa shape index (κ1) is 10.5. The van der Waals surface area contributed by atoms with Crippen molar-refractivity contribution >= 4 is 0 Å². The second-order valence-corrected chi connectivity index (χ2v) is 2.78. The summed E-state index contributed by atoms with van der Waals surface area (Å²) in [6.45, 7) is 6.34. The normalized spacial score (nSPS) is 13.8. The van der Waals surface area contributed by atoms with Crippen LogP contribution in [-0.4, -0.2) is 11.1 Å². The minimum atomic E-state index is 0.510. The number of hydrogen-bond acceptors (Lipinski definition) is 2. The van der Waals surface area contributed by atoms with E-state index in [-0.39, 0.29) is 0 Å². The van der Waals surface area contributed by atoms with Gasteiger partial charge in [-0.1, -0.05) is 26.3 Å². The summed E-state index contributed by atoms with van der Waals surface area (Å²) in [5.41, 5.74) is 0. The lowest BCUT2D eigenvalue weighted by Crippen LogP contribution is -2.35. The van der Waals surface area contributed by atoms with Gasteiger partial charge in [0.15, 0.2) is 0 Å². The summed E-state index contributed by atoms with van der Waals surface area (Å²) in [7, 11) is 0. The number of allylic oxidation sites excluding steroid dienone is 1. The molecule has 0 aliphatic rings. The highest BCUT2D eigenvalue weighted by atomic mass is 15.4. The Morgan fingerprint density at radius 2 is 2.09 bits per heavy atom. The van der Waals surface area contributed by atoms with Gasteiger partial charge in [-0.05, 0) is 19.8 Å². The van der Waals surface area contributed by atoms with Gasteiger partial charge in [-0.2, -0.15) is 0 Å². The largest absolute Gasteiger partial charge is 0.316 e. The highest BCUT2D eigenvalue weighted by Crippen LogP contribution is 2.06. The number of hydrogen-bond donors (Lipinski definition) is 1. The van der Waals surface area contributed by atoms with Crippen molar-refractivity contribution in [2.24, 2.45) is 5.84 Å². The fraction of sp³-hybridized carbons (Fsp3) is 0.778. The molecule has 0 spiro atoms. The van der Waals surface area contributed by atoms with Crippen LogP contribution in [0.3, 0.4) is 0 Å². The molecule has 0 radical (unpaired) electrons. The molecule has 1 unspecified atom stereocenters. The average molecular weight is 156 g/mol. The van der Waals surface area contributed by atoms with Gasteiger partial charge >= 0.3 is 0 Å². The summed E-state index contributed by atoms with van der Waals surface area (Å²) in [6, 6.07) is 0.510. The molecular formula is C9H20N2. The van der Waals surface area contributed by atoms with Crippen molar-refractivity contribution in [1.29, 1.82) is 0 Å². The third kappa shape index (κ3) is 4.04. The molecule has 0 aliphatic carbocycles. The number of hydrazine groups is 1. The first-order chi connectivity index (χ1) is 5.26. The summed E-state index contributed by atoms with van der Waals surface area (Å²) in [5.74, 6) is 5.77. The van der Waals surface area contributed by atoms with Crippen LogP contribution in [0.5, 0.6) is 0 Å². The molecule has 0 saturated carbocycles. The lowest BCUT2D eigenvalue weighted by Gasteiger charge is -2.24. The molecule has 0 amide bonds. The maximum absolute atomic E-state index is 5.77. The minimum absolute atomic E-state index is 0.510. The quantitative estimate of drug-likeness (QED) is 0.489. The van der Waals surface area contributed by atoms with Crippen molar-refractivity contribution in [2.45, 2.75) is 46.1 Å². The predicted octanol–water partition coefficient (Wildman–Crippen LogP) is 2.27. The molecule has 2 N–H and O–H groups in total. The van der Waals surface area contributed by atoms with Crippen molar-refractivity contribution in [2.75, 3.05) is 0 Å². The first-order valence-corrected chi connectivity index (χ1v) is 4.42. The van der Waals surface area contributed by atoms with Gasteiger partial charge in [0, 0.05) is 12.2 Å². The van der Waals surface area contributed by atoms with Crippen molar-refractivity contribution < 1.29 is 0 Å². The van der Waals surface area contributed by atoms with Gasteiger partial charge in [0.2, 0.25) is 0 Å². The highest BCUT2D eigenvalue weighted by molar-refractivity contribution is 4.79. The van der Waals surface area contributed by atoms with Gasteiger partial charge in [0.05, 0.1) is 0 Å². The van der Waals surface area contributed by atoms with Crippen LogP contribution < -0.4 is 5.84 Å². The van der Waals surface area contributed by atoms with Crippen LogP contribution in [0.4, 0.5) is 0 Å². The van der Waals surface area contributed by atoms with E-state index in [9.17, 15) is 0 Å². The van der Waals surface area contributed by atoms with E-state index in [0.29, 0.717) is 6.04 Å². The molecule has 2 heteroatoms. The molecule has 0 aromatic carbocycles. The SMILES string of the molecule is C/C=C\N(N)C(CC)CCC. The third-order valence-corrected chi connectivity index (χ3v) is 1.84. The minimum Gasteiger partial charge on any atom is -0.316 e. The van der Waals surface area contributed by atoms with Crippen molar-refractivity contribution in [3.05, 3.63) is 12.3 Å². The van der Waals surface area contributed by atoms with Gasteiger partial charge in [-0.15, -0.1) is 0 Å². The van der Waals surface area contributed by atoms with E-state index < -0.39 is 0 Å². The van der Waals surface area contributed by atoms with Crippen LogP contribution in [0.2, 0.25) is 0 Å². The zero-order chi connectivity index (χ0) is 8.69. The molecule has 11 heavy (non-hydrogen) atoms. The second kappa shape index (κ2) is 6.23. The van der Waals surface area contributed by atoms with Crippen LogP contribution >= 0.6 is 0 Å². The van der Waals surface area contributed by atoms with E-state index in [1.165, 1.54) is 12.8 Å². The summed E-state index contributed by atoms with van der Waals surface area (Å²) in [4.78, 5) is 0. The number of nitrogens with zero attached hydrogens (tertiary/aromatic N) is 1. The van der Waals surface area contributed by atoms with Gasteiger partial charge in [-0.25, -0.2) is 5.84 Å². The Balaban J connectivity index is 3.80. The average Bonchev–Trinajstić information content (AvgIpc) is 2.00. The summed E-state index contributed by atoms with van der Waals surface area (Å²) in [5, 5.41) is 1.81. The lowest BCUT2D eigenvalue weighted by molar-refractivity contribution is 0.260. The number of rotatable bonds is 5. The Kier molecular flexibility index (Phi) is 5.94. The van der Waals surface area contributed by atoms with E-state index in [1.807, 2.05) is 24.2 Å². The molecule has 0 fully saturated rings. The smallest absolute Gasteiger partial charge is 0.0442 e. The van der Waals surface area contributed by atoms with Crippen LogP contribution in [0.1, 0.15) is 40.0 Å². The lowest BCUT2D eigenvalue weighted by atomic mass is 10.1. The Bertz CT molecular complexity index is 110. The van der Waals surface area contributed by atoms with Gasteiger partial charge in [-0.3, -0.25) is 0 Å². The summed E-state index contributed by atoms with van der Waals surface area (Å²) in [6.07, 6.45) is 7.40. The standard InChI is InChI=1S/C9H20N2/c1-4-7-9(6-3)11(10)8-5-2/h5,8-9H,4,6-7,10H2,1-3H3/b8-5-. The fourth-order valence-corrected chi connectivity index (χ4v) is 1.19. The maximum Gasteiger partial charge on any atom is 0.0442 e. The van der Waals surface area contributed by atoms with E-state index in [1.54, 1.807) is 0 Å². The zero-order valence-corrected chi connectivity index (χ0v) is 7.88. The van der Waals surface area contributed by atoms with Gasteiger partial charge in [0.25, 0.3) is 0 Å². The molecule has 0 aromatic heterocycles. The molecule has 0 heterocycles. The van der Waals surface area contributed by atoms with E-state index >= 15 is 0 Å². The molecule has 0 bridgehead atoms.